The SMILES string of the molecule is CC(C)(CCn1cnc2ccc(OC(=O)O)nc21)NCC(OC(=O)C(F)(F)F)c1cccc(NS(=O)(=O)c2ccccc2)c1. The molecule has 0 aliphatic carbocycles. The average molecular weight is 636 g/mol. The molecule has 1 atom stereocenters. The van der Waals surface area contributed by atoms with Crippen LogP contribution in [0, 0.1) is 0 Å². The van der Waals surface area contributed by atoms with Crippen LogP contribution in [-0.2, 0) is 26.1 Å². The molecule has 0 saturated carbocycles. The molecule has 3 N–H and O–H groups in total. The zero-order chi connectivity index (χ0) is 32.1. The second-order valence-corrected chi connectivity index (χ2v) is 11.9. The van der Waals surface area contributed by atoms with Crippen molar-refractivity contribution in [1.82, 2.24) is 19.9 Å². The number of aryl methyl sites for hydroxylation is 1. The lowest BCUT2D eigenvalue weighted by atomic mass is 9.99. The number of nitrogens with one attached hydrogen (secondary N) is 2. The lowest BCUT2D eigenvalue weighted by molar-refractivity contribution is -0.205. The summed E-state index contributed by atoms with van der Waals surface area (Å²) in [6.45, 7) is 3.64. The highest BCUT2D eigenvalue weighted by molar-refractivity contribution is 7.92. The number of ether oxygens (including phenoxy) is 2. The van der Waals surface area contributed by atoms with Gasteiger partial charge in [-0.25, -0.2) is 23.0 Å². The van der Waals surface area contributed by atoms with E-state index in [-0.39, 0.29) is 28.6 Å². The first-order valence-electron chi connectivity index (χ1n) is 13.1. The Morgan fingerprint density at radius 3 is 2.45 bits per heavy atom. The van der Waals surface area contributed by atoms with Crippen LogP contribution in [-0.4, -0.2) is 58.4 Å². The van der Waals surface area contributed by atoms with Crippen molar-refractivity contribution >= 4 is 39.0 Å². The van der Waals surface area contributed by atoms with Crippen LogP contribution in [0.4, 0.5) is 23.7 Å². The van der Waals surface area contributed by atoms with Gasteiger partial charge in [-0.05, 0) is 56.2 Å². The van der Waals surface area contributed by atoms with Crippen molar-refractivity contribution in [1.29, 1.82) is 0 Å². The Labute approximate surface area is 249 Å². The van der Waals surface area contributed by atoms with Crippen molar-refractivity contribution < 1.29 is 45.8 Å². The van der Waals surface area contributed by atoms with Gasteiger partial charge in [0.1, 0.15) is 11.6 Å². The number of benzene rings is 2. The van der Waals surface area contributed by atoms with Gasteiger partial charge >= 0.3 is 18.3 Å². The maximum Gasteiger partial charge on any atom is 0.512 e. The standard InChI is InChI=1S/C28H28F3N5O7S/c1-27(2,13-14-36-17-32-21-11-12-23(34-24(21)36)43-26(38)39)33-16-22(42-25(37)28(29,30)31)18-7-6-8-19(15-18)35-44(40,41)20-9-4-3-5-10-20/h3-12,15,17,22,33,35H,13-14,16H2,1-2H3,(H,38,39). The monoisotopic (exact) mass is 635 g/mol. The molecule has 0 spiro atoms. The quantitative estimate of drug-likeness (QED) is 0.183. The molecule has 2 aromatic heterocycles. The first kappa shape index (κ1) is 32.2. The number of hydrogen-bond donors (Lipinski definition) is 3. The number of alkyl halides is 3. The number of anilines is 1. The van der Waals surface area contributed by atoms with Gasteiger partial charge in [0, 0.05) is 30.4 Å². The predicted octanol–water partition coefficient (Wildman–Crippen LogP) is 4.89. The summed E-state index contributed by atoms with van der Waals surface area (Å²) in [5.74, 6) is -2.53. The van der Waals surface area contributed by atoms with E-state index in [1.165, 1.54) is 48.8 Å². The molecule has 4 aromatic rings. The molecule has 0 saturated heterocycles. The molecule has 4 rings (SSSR count). The smallest absolute Gasteiger partial charge is 0.449 e. The van der Waals surface area contributed by atoms with Crippen LogP contribution in [0.1, 0.15) is 31.9 Å². The van der Waals surface area contributed by atoms with Crippen LogP contribution in [0.2, 0.25) is 0 Å². The number of imidazole rings is 1. The number of carbonyl (C=O) groups is 2. The summed E-state index contributed by atoms with van der Waals surface area (Å²) in [5, 5.41) is 12.0. The van der Waals surface area contributed by atoms with Crippen LogP contribution in [0.15, 0.2) is 78.0 Å². The Balaban J connectivity index is 1.50. The van der Waals surface area contributed by atoms with Crippen molar-refractivity contribution in [3.8, 4) is 5.88 Å². The molecule has 0 radical (unpaired) electrons. The van der Waals surface area contributed by atoms with E-state index in [9.17, 15) is 31.2 Å². The van der Waals surface area contributed by atoms with E-state index in [1.807, 2.05) is 0 Å². The van der Waals surface area contributed by atoms with Gasteiger partial charge in [0.05, 0.1) is 11.2 Å². The Kier molecular flexibility index (Phi) is 9.44. The lowest BCUT2D eigenvalue weighted by Crippen LogP contribution is -2.43. The van der Waals surface area contributed by atoms with Crippen LogP contribution in [0.25, 0.3) is 11.2 Å². The van der Waals surface area contributed by atoms with Gasteiger partial charge in [0.2, 0.25) is 5.88 Å². The first-order valence-corrected chi connectivity index (χ1v) is 14.5. The molecular weight excluding hydrogens is 607 g/mol. The van der Waals surface area contributed by atoms with Crippen molar-refractivity contribution in [3.63, 3.8) is 0 Å². The number of carboxylic acid groups (broad SMARTS) is 1. The van der Waals surface area contributed by atoms with Gasteiger partial charge in [-0.2, -0.15) is 18.2 Å². The second-order valence-electron chi connectivity index (χ2n) is 10.2. The molecule has 0 bridgehead atoms. The number of sulfonamides is 1. The van der Waals surface area contributed by atoms with Crippen LogP contribution < -0.4 is 14.8 Å². The Morgan fingerprint density at radius 1 is 1.05 bits per heavy atom. The highest BCUT2D eigenvalue weighted by atomic mass is 32.2. The molecule has 1 unspecified atom stereocenters. The van der Waals surface area contributed by atoms with E-state index < -0.39 is 40.0 Å². The molecule has 0 aliphatic rings. The van der Waals surface area contributed by atoms with Crippen molar-refractivity contribution in [2.24, 2.45) is 0 Å². The van der Waals surface area contributed by atoms with Gasteiger partial charge in [0.25, 0.3) is 10.0 Å². The van der Waals surface area contributed by atoms with E-state index in [0.29, 0.717) is 24.1 Å². The average Bonchev–Trinajstić information content (AvgIpc) is 3.36. The highest BCUT2D eigenvalue weighted by Gasteiger charge is 2.42. The number of carbonyl (C=O) groups excluding carboxylic acids is 1. The fraction of sp³-hybridized carbons (Fsp3) is 0.286. The molecule has 0 fully saturated rings. The molecule has 44 heavy (non-hydrogen) atoms. The number of nitrogens with zero attached hydrogens (tertiary/aromatic N) is 3. The maximum atomic E-state index is 13.2. The summed E-state index contributed by atoms with van der Waals surface area (Å²) in [6.07, 6.45) is -6.31. The summed E-state index contributed by atoms with van der Waals surface area (Å²) >= 11 is 0. The normalized spacial score (nSPS) is 12.9. The minimum atomic E-state index is -5.25. The topological polar surface area (TPSA) is 162 Å². The molecule has 0 amide bonds. The molecule has 2 heterocycles. The zero-order valence-electron chi connectivity index (χ0n) is 23.4. The summed E-state index contributed by atoms with van der Waals surface area (Å²) < 4.78 is 78.5. The number of hydrogen-bond acceptors (Lipinski definition) is 9. The summed E-state index contributed by atoms with van der Waals surface area (Å²) in [4.78, 5) is 31.1. The Bertz CT molecular complexity index is 1750. The van der Waals surface area contributed by atoms with E-state index in [2.05, 4.69) is 24.7 Å². The van der Waals surface area contributed by atoms with Crippen molar-refractivity contribution in [2.75, 3.05) is 11.3 Å². The molecule has 0 aliphatic heterocycles. The molecule has 2 aromatic carbocycles. The number of halogens is 3. The van der Waals surface area contributed by atoms with E-state index in [1.54, 1.807) is 42.7 Å². The van der Waals surface area contributed by atoms with Crippen LogP contribution >= 0.6 is 0 Å². The van der Waals surface area contributed by atoms with E-state index in [0.717, 1.165) is 0 Å². The van der Waals surface area contributed by atoms with Gasteiger partial charge in [-0.1, -0.05) is 30.3 Å². The van der Waals surface area contributed by atoms with E-state index >= 15 is 0 Å². The lowest BCUT2D eigenvalue weighted by Gasteiger charge is -2.29. The predicted molar refractivity (Wildman–Crippen MR) is 151 cm³/mol. The number of esters is 1. The first-order chi connectivity index (χ1) is 20.6. The second kappa shape index (κ2) is 12.9. The summed E-state index contributed by atoms with van der Waals surface area (Å²) in [5.41, 5.74) is 0.308. The van der Waals surface area contributed by atoms with Gasteiger partial charge < -0.3 is 24.5 Å². The van der Waals surface area contributed by atoms with Crippen LogP contribution in [0.3, 0.4) is 0 Å². The van der Waals surface area contributed by atoms with Gasteiger partial charge in [-0.3, -0.25) is 4.72 Å². The minimum Gasteiger partial charge on any atom is -0.449 e. The highest BCUT2D eigenvalue weighted by Crippen LogP contribution is 2.27. The number of rotatable bonds is 12. The van der Waals surface area contributed by atoms with E-state index in [4.69, 9.17) is 9.84 Å². The minimum absolute atomic E-state index is 0.0135. The molecular formula is C28H28F3N5O7S. The summed E-state index contributed by atoms with van der Waals surface area (Å²) in [6, 6.07) is 16.0. The largest absolute Gasteiger partial charge is 0.512 e. The van der Waals surface area contributed by atoms with Gasteiger partial charge in [-0.15, -0.1) is 0 Å². The fourth-order valence-corrected chi connectivity index (χ4v) is 5.20. The van der Waals surface area contributed by atoms with Crippen LogP contribution in [0.5, 0.6) is 5.88 Å². The molecule has 12 nitrogen and oxygen atoms in total. The van der Waals surface area contributed by atoms with Gasteiger partial charge in [0.15, 0.2) is 5.65 Å². The fourth-order valence-electron chi connectivity index (χ4n) is 4.13. The maximum absolute atomic E-state index is 13.2. The van der Waals surface area contributed by atoms with Crippen molar-refractivity contribution in [3.05, 3.63) is 78.6 Å². The number of fused-ring (bicyclic) bond motifs is 1. The zero-order valence-corrected chi connectivity index (χ0v) is 24.2. The number of pyridine rings is 1. The third kappa shape index (κ3) is 8.44. The third-order valence-corrected chi connectivity index (χ3v) is 7.81. The Hall–Kier alpha value is -4.70. The summed E-state index contributed by atoms with van der Waals surface area (Å²) in [7, 11) is -3.99. The third-order valence-electron chi connectivity index (χ3n) is 6.42. The number of aromatic nitrogens is 3. The molecule has 234 valence electrons. The molecule has 16 heteroatoms. The van der Waals surface area contributed by atoms with Crippen molar-refractivity contribution in [2.45, 2.75) is 49.5 Å². The Morgan fingerprint density at radius 2 is 1.77 bits per heavy atom.